The van der Waals surface area contributed by atoms with E-state index in [1.807, 2.05) is 11.9 Å². The maximum Gasteiger partial charge on any atom is 0.256 e. The first-order valence-electron chi connectivity index (χ1n) is 8.89. The van der Waals surface area contributed by atoms with Crippen LogP contribution in [0.15, 0.2) is 18.2 Å². The smallest absolute Gasteiger partial charge is 0.256 e. The van der Waals surface area contributed by atoms with E-state index in [-0.39, 0.29) is 23.4 Å². The van der Waals surface area contributed by atoms with Gasteiger partial charge in [0, 0.05) is 38.2 Å². The highest BCUT2D eigenvalue weighted by molar-refractivity contribution is 5.94. The molecule has 1 aromatic rings. The lowest BCUT2D eigenvalue weighted by molar-refractivity contribution is -0.137. The van der Waals surface area contributed by atoms with E-state index >= 15 is 0 Å². The van der Waals surface area contributed by atoms with Gasteiger partial charge in [-0.05, 0) is 50.7 Å². The minimum absolute atomic E-state index is 0.0895. The highest BCUT2D eigenvalue weighted by Crippen LogP contribution is 2.35. The zero-order valence-corrected chi connectivity index (χ0v) is 14.7. The lowest BCUT2D eigenvalue weighted by Crippen LogP contribution is -2.46. The highest BCUT2D eigenvalue weighted by Gasteiger charge is 2.36. The van der Waals surface area contributed by atoms with Crippen molar-refractivity contribution in [2.75, 3.05) is 20.1 Å². The Kier molecular flexibility index (Phi) is 5.06. The number of piperidine rings is 1. The van der Waals surface area contributed by atoms with Gasteiger partial charge in [-0.25, -0.2) is 8.78 Å². The largest absolute Gasteiger partial charge is 0.343 e. The van der Waals surface area contributed by atoms with E-state index < -0.39 is 17.5 Å². The van der Waals surface area contributed by atoms with Gasteiger partial charge in [-0.1, -0.05) is 0 Å². The van der Waals surface area contributed by atoms with Crippen molar-refractivity contribution in [1.29, 1.82) is 0 Å². The molecular formula is C19H24F2N2O2. The summed E-state index contributed by atoms with van der Waals surface area (Å²) in [4.78, 5) is 28.4. The second kappa shape index (κ2) is 7.10. The minimum Gasteiger partial charge on any atom is -0.343 e. The molecule has 1 atom stereocenters. The Morgan fingerprint density at radius 3 is 2.36 bits per heavy atom. The van der Waals surface area contributed by atoms with Crippen LogP contribution in [0, 0.1) is 23.5 Å². The molecule has 1 aliphatic carbocycles. The van der Waals surface area contributed by atoms with Gasteiger partial charge in [-0.15, -0.1) is 0 Å². The van der Waals surface area contributed by atoms with E-state index in [0.717, 1.165) is 12.1 Å². The Morgan fingerprint density at radius 2 is 1.80 bits per heavy atom. The lowest BCUT2D eigenvalue weighted by atomic mass is 9.94. The maximum atomic E-state index is 13.8. The molecule has 0 spiro atoms. The van der Waals surface area contributed by atoms with Crippen LogP contribution in [-0.4, -0.2) is 47.8 Å². The SMILES string of the molecule is CC(C1CC1)N(C)C(=O)C1CCN(C(=O)c2ccc(F)cc2F)CC1. The molecule has 2 aliphatic rings. The number of hydrogen-bond donors (Lipinski definition) is 0. The van der Waals surface area contributed by atoms with E-state index in [9.17, 15) is 18.4 Å². The van der Waals surface area contributed by atoms with Crippen molar-refractivity contribution in [3.63, 3.8) is 0 Å². The average Bonchev–Trinajstić information content (AvgIpc) is 3.44. The Hall–Kier alpha value is -1.98. The van der Waals surface area contributed by atoms with E-state index in [1.54, 1.807) is 4.90 Å². The molecule has 2 amide bonds. The van der Waals surface area contributed by atoms with Crippen LogP contribution in [0.5, 0.6) is 0 Å². The summed E-state index contributed by atoms with van der Waals surface area (Å²) in [5, 5.41) is 0. The van der Waals surface area contributed by atoms with Crippen LogP contribution in [0.2, 0.25) is 0 Å². The molecule has 1 aliphatic heterocycles. The Bertz CT molecular complexity index is 667. The van der Waals surface area contributed by atoms with Gasteiger partial charge in [0.2, 0.25) is 5.91 Å². The molecule has 0 aromatic heterocycles. The highest BCUT2D eigenvalue weighted by atomic mass is 19.1. The summed E-state index contributed by atoms with van der Waals surface area (Å²) in [5.41, 5.74) is -0.120. The summed E-state index contributed by atoms with van der Waals surface area (Å²) in [6, 6.07) is 3.24. The van der Waals surface area contributed by atoms with Gasteiger partial charge in [0.05, 0.1) is 5.56 Å². The van der Waals surface area contributed by atoms with Gasteiger partial charge < -0.3 is 9.80 Å². The summed E-state index contributed by atoms with van der Waals surface area (Å²) in [7, 11) is 1.86. The number of rotatable bonds is 4. The molecule has 2 fully saturated rings. The molecule has 1 unspecified atom stereocenters. The first-order valence-corrected chi connectivity index (χ1v) is 8.89. The standard InChI is InChI=1S/C19H24F2N2O2/c1-12(13-3-4-13)22(2)18(24)14-7-9-23(10-8-14)19(25)16-6-5-15(20)11-17(16)21/h5-6,11-14H,3-4,7-10H2,1-2H3. The molecule has 1 heterocycles. The Labute approximate surface area is 146 Å². The van der Waals surface area contributed by atoms with E-state index in [0.29, 0.717) is 31.8 Å². The van der Waals surface area contributed by atoms with Crippen LogP contribution >= 0.6 is 0 Å². The van der Waals surface area contributed by atoms with Crippen molar-refractivity contribution in [3.05, 3.63) is 35.4 Å². The number of carbonyl (C=O) groups excluding carboxylic acids is 2. The zero-order chi connectivity index (χ0) is 18.1. The van der Waals surface area contributed by atoms with Crippen LogP contribution in [0.3, 0.4) is 0 Å². The third kappa shape index (κ3) is 3.83. The molecule has 4 nitrogen and oxygen atoms in total. The third-order valence-corrected chi connectivity index (χ3v) is 5.56. The first kappa shape index (κ1) is 17.8. The van der Waals surface area contributed by atoms with Gasteiger partial charge in [0.15, 0.2) is 0 Å². The number of benzene rings is 1. The quantitative estimate of drug-likeness (QED) is 0.837. The zero-order valence-electron chi connectivity index (χ0n) is 14.7. The van der Waals surface area contributed by atoms with Gasteiger partial charge >= 0.3 is 0 Å². The van der Waals surface area contributed by atoms with Crippen LogP contribution in [0.4, 0.5) is 8.78 Å². The molecule has 136 valence electrons. The van der Waals surface area contributed by atoms with E-state index in [4.69, 9.17) is 0 Å². The fourth-order valence-corrected chi connectivity index (χ4v) is 3.55. The number of carbonyl (C=O) groups is 2. The predicted octanol–water partition coefficient (Wildman–Crippen LogP) is 3.07. The van der Waals surface area contributed by atoms with E-state index in [1.165, 1.54) is 18.9 Å². The summed E-state index contributed by atoms with van der Waals surface area (Å²) in [6.45, 7) is 2.92. The van der Waals surface area contributed by atoms with Crippen molar-refractivity contribution in [3.8, 4) is 0 Å². The molecule has 1 aromatic carbocycles. The maximum absolute atomic E-state index is 13.8. The van der Waals surface area contributed by atoms with Crippen molar-refractivity contribution in [1.82, 2.24) is 9.80 Å². The second-order valence-electron chi connectivity index (χ2n) is 7.22. The number of halogens is 2. The summed E-state index contributed by atoms with van der Waals surface area (Å²) < 4.78 is 26.8. The van der Waals surface area contributed by atoms with Crippen LogP contribution in [0.1, 0.15) is 43.0 Å². The number of hydrogen-bond acceptors (Lipinski definition) is 2. The van der Waals surface area contributed by atoms with Crippen molar-refractivity contribution >= 4 is 11.8 Å². The summed E-state index contributed by atoms with van der Waals surface area (Å²) in [6.07, 6.45) is 3.54. The van der Waals surface area contributed by atoms with Crippen LogP contribution < -0.4 is 0 Å². The van der Waals surface area contributed by atoms with Gasteiger partial charge in [-0.2, -0.15) is 0 Å². The van der Waals surface area contributed by atoms with Gasteiger partial charge in [-0.3, -0.25) is 9.59 Å². The van der Waals surface area contributed by atoms with Crippen molar-refractivity contribution < 1.29 is 18.4 Å². The van der Waals surface area contributed by atoms with E-state index in [2.05, 4.69) is 6.92 Å². The minimum atomic E-state index is -0.846. The number of likely N-dealkylation sites (tertiary alicyclic amines) is 1. The Balaban J connectivity index is 1.57. The fraction of sp³-hybridized carbons (Fsp3) is 0.579. The number of nitrogens with zero attached hydrogens (tertiary/aromatic N) is 2. The van der Waals surface area contributed by atoms with Crippen LogP contribution in [0.25, 0.3) is 0 Å². The fourth-order valence-electron chi connectivity index (χ4n) is 3.55. The second-order valence-corrected chi connectivity index (χ2v) is 7.22. The number of amides is 2. The molecule has 25 heavy (non-hydrogen) atoms. The van der Waals surface area contributed by atoms with Crippen LogP contribution in [-0.2, 0) is 4.79 Å². The summed E-state index contributed by atoms with van der Waals surface area (Å²) in [5.74, 6) is -1.32. The molecular weight excluding hydrogens is 326 g/mol. The molecule has 6 heteroatoms. The van der Waals surface area contributed by atoms with Crippen molar-refractivity contribution in [2.24, 2.45) is 11.8 Å². The average molecular weight is 350 g/mol. The molecule has 3 rings (SSSR count). The normalized spacial score (nSPS) is 19.6. The Morgan fingerprint density at radius 1 is 1.16 bits per heavy atom. The first-order chi connectivity index (χ1) is 11.9. The molecule has 0 N–H and O–H groups in total. The monoisotopic (exact) mass is 350 g/mol. The third-order valence-electron chi connectivity index (χ3n) is 5.56. The topological polar surface area (TPSA) is 40.6 Å². The summed E-state index contributed by atoms with van der Waals surface area (Å²) >= 11 is 0. The molecule has 0 bridgehead atoms. The van der Waals surface area contributed by atoms with Gasteiger partial charge in [0.25, 0.3) is 5.91 Å². The predicted molar refractivity (Wildman–Crippen MR) is 89.9 cm³/mol. The molecule has 0 radical (unpaired) electrons. The lowest BCUT2D eigenvalue weighted by Gasteiger charge is -2.35. The van der Waals surface area contributed by atoms with Crippen molar-refractivity contribution in [2.45, 2.75) is 38.6 Å². The molecule has 1 saturated heterocycles. The van der Waals surface area contributed by atoms with Gasteiger partial charge in [0.1, 0.15) is 11.6 Å². The molecule has 1 saturated carbocycles.